The lowest BCUT2D eigenvalue weighted by molar-refractivity contribution is 0.258. The van der Waals surface area contributed by atoms with Crippen LogP contribution >= 0.6 is 0 Å². The maximum atomic E-state index is 5.71. The van der Waals surface area contributed by atoms with Gasteiger partial charge in [0.25, 0.3) is 0 Å². The van der Waals surface area contributed by atoms with Crippen molar-refractivity contribution < 1.29 is 4.74 Å². The summed E-state index contributed by atoms with van der Waals surface area (Å²) < 4.78 is 5.71. The quantitative estimate of drug-likeness (QED) is 0.764. The summed E-state index contributed by atoms with van der Waals surface area (Å²) in [5.74, 6) is 1.52. The molecule has 0 fully saturated rings. The Morgan fingerprint density at radius 3 is 2.50 bits per heavy atom. The molecule has 0 aliphatic heterocycles. The second kappa shape index (κ2) is 7.29. The highest BCUT2D eigenvalue weighted by Crippen LogP contribution is 2.14. The van der Waals surface area contributed by atoms with Crippen LogP contribution in [-0.2, 0) is 6.42 Å². The van der Waals surface area contributed by atoms with Crippen LogP contribution in [0.4, 0.5) is 0 Å². The summed E-state index contributed by atoms with van der Waals surface area (Å²) in [5.41, 5.74) is 1.39. The van der Waals surface area contributed by atoms with Gasteiger partial charge in [-0.2, -0.15) is 0 Å². The second-order valence-corrected chi connectivity index (χ2v) is 4.37. The molecule has 0 saturated heterocycles. The minimum Gasteiger partial charge on any atom is -0.493 e. The van der Waals surface area contributed by atoms with E-state index in [1.807, 2.05) is 7.05 Å². The molecule has 2 heteroatoms. The molecule has 0 spiro atoms. The number of rotatable bonds is 7. The maximum absolute atomic E-state index is 5.71. The molecular weight excluding hydrogens is 198 g/mol. The van der Waals surface area contributed by atoms with Crippen LogP contribution in [0.25, 0.3) is 0 Å². The van der Waals surface area contributed by atoms with Gasteiger partial charge in [0.1, 0.15) is 5.75 Å². The molecule has 1 atom stereocenters. The Hall–Kier alpha value is -1.02. The van der Waals surface area contributed by atoms with Crippen LogP contribution in [0, 0.1) is 5.92 Å². The number of nitrogens with one attached hydrogen (secondary N) is 1. The molecule has 0 aromatic heterocycles. The van der Waals surface area contributed by atoms with E-state index in [-0.39, 0.29) is 0 Å². The summed E-state index contributed by atoms with van der Waals surface area (Å²) in [5, 5.41) is 3.15. The van der Waals surface area contributed by atoms with Crippen LogP contribution in [-0.4, -0.2) is 20.2 Å². The van der Waals surface area contributed by atoms with Crippen molar-refractivity contribution in [2.75, 3.05) is 20.2 Å². The summed E-state index contributed by atoms with van der Waals surface area (Å²) >= 11 is 0. The molecule has 2 nitrogen and oxygen atoms in total. The van der Waals surface area contributed by atoms with Crippen LogP contribution in [0.15, 0.2) is 24.3 Å². The first kappa shape index (κ1) is 13.0. The van der Waals surface area contributed by atoms with Crippen molar-refractivity contribution in [3.05, 3.63) is 29.8 Å². The van der Waals surface area contributed by atoms with Gasteiger partial charge in [-0.25, -0.2) is 0 Å². The molecule has 0 saturated carbocycles. The molecule has 90 valence electrons. The fourth-order valence-corrected chi connectivity index (χ4v) is 1.69. The number of benzene rings is 1. The molecule has 0 heterocycles. The molecule has 0 radical (unpaired) electrons. The Bertz CT molecular complexity index is 281. The molecule has 16 heavy (non-hydrogen) atoms. The fraction of sp³-hybridized carbons (Fsp3) is 0.571. The van der Waals surface area contributed by atoms with Crippen molar-refractivity contribution in [1.82, 2.24) is 5.32 Å². The lowest BCUT2D eigenvalue weighted by Gasteiger charge is -2.12. The molecule has 0 amide bonds. The highest BCUT2D eigenvalue weighted by molar-refractivity contribution is 5.27. The van der Waals surface area contributed by atoms with Gasteiger partial charge in [-0.05, 0) is 31.2 Å². The van der Waals surface area contributed by atoms with Crippen molar-refractivity contribution in [2.24, 2.45) is 5.92 Å². The first-order valence-corrected chi connectivity index (χ1v) is 6.12. The fourth-order valence-electron chi connectivity index (χ4n) is 1.69. The molecule has 1 aromatic rings. The second-order valence-electron chi connectivity index (χ2n) is 4.37. The van der Waals surface area contributed by atoms with E-state index in [2.05, 4.69) is 43.4 Å². The van der Waals surface area contributed by atoms with E-state index in [0.717, 1.165) is 25.3 Å². The Morgan fingerprint density at radius 2 is 1.94 bits per heavy atom. The average molecular weight is 221 g/mol. The molecule has 0 aliphatic carbocycles. The normalized spacial score (nSPS) is 12.4. The van der Waals surface area contributed by atoms with Crippen LogP contribution in [0.2, 0.25) is 0 Å². The van der Waals surface area contributed by atoms with Gasteiger partial charge in [-0.15, -0.1) is 0 Å². The molecule has 1 unspecified atom stereocenters. The van der Waals surface area contributed by atoms with Gasteiger partial charge in [0.2, 0.25) is 0 Å². The van der Waals surface area contributed by atoms with E-state index in [1.54, 1.807) is 0 Å². The highest BCUT2D eigenvalue weighted by atomic mass is 16.5. The van der Waals surface area contributed by atoms with Crippen LogP contribution in [0.3, 0.4) is 0 Å². The average Bonchev–Trinajstić information content (AvgIpc) is 2.29. The number of hydrogen-bond donors (Lipinski definition) is 1. The molecule has 1 rings (SSSR count). The summed E-state index contributed by atoms with van der Waals surface area (Å²) in [7, 11) is 1.97. The van der Waals surface area contributed by atoms with E-state index in [4.69, 9.17) is 4.74 Å². The van der Waals surface area contributed by atoms with Crippen LogP contribution < -0.4 is 10.1 Å². The molecule has 1 N–H and O–H groups in total. The minimum atomic E-state index is 0.542. The van der Waals surface area contributed by atoms with Gasteiger partial charge < -0.3 is 10.1 Å². The van der Waals surface area contributed by atoms with Crippen LogP contribution in [0.5, 0.6) is 5.75 Å². The predicted octanol–water partition coefficient (Wildman–Crippen LogP) is 2.87. The van der Waals surface area contributed by atoms with Gasteiger partial charge in [-0.3, -0.25) is 0 Å². The van der Waals surface area contributed by atoms with E-state index in [9.17, 15) is 0 Å². The van der Waals surface area contributed by atoms with Crippen molar-refractivity contribution in [3.63, 3.8) is 0 Å². The SMILES string of the molecule is CCCc1ccc(OCC(C)CNC)cc1. The van der Waals surface area contributed by atoms with Crippen molar-refractivity contribution in [3.8, 4) is 5.75 Å². The summed E-state index contributed by atoms with van der Waals surface area (Å²) in [4.78, 5) is 0. The lowest BCUT2D eigenvalue weighted by atomic mass is 10.1. The largest absolute Gasteiger partial charge is 0.493 e. The zero-order valence-corrected chi connectivity index (χ0v) is 10.6. The van der Waals surface area contributed by atoms with E-state index < -0.39 is 0 Å². The maximum Gasteiger partial charge on any atom is 0.119 e. The Morgan fingerprint density at radius 1 is 1.25 bits per heavy atom. The van der Waals surface area contributed by atoms with Crippen molar-refractivity contribution in [2.45, 2.75) is 26.7 Å². The monoisotopic (exact) mass is 221 g/mol. The molecular formula is C14H23NO. The first-order valence-electron chi connectivity index (χ1n) is 6.12. The minimum absolute atomic E-state index is 0.542. The zero-order valence-electron chi connectivity index (χ0n) is 10.6. The molecule has 0 aliphatic rings. The third-order valence-corrected chi connectivity index (χ3v) is 2.55. The van der Waals surface area contributed by atoms with Crippen molar-refractivity contribution >= 4 is 0 Å². The summed E-state index contributed by atoms with van der Waals surface area (Å²) in [6.07, 6.45) is 2.34. The Kier molecular flexibility index (Phi) is 5.94. The summed E-state index contributed by atoms with van der Waals surface area (Å²) in [6, 6.07) is 8.44. The Balaban J connectivity index is 2.37. The third kappa shape index (κ3) is 4.67. The molecule has 1 aromatic carbocycles. The first-order chi connectivity index (χ1) is 7.76. The van der Waals surface area contributed by atoms with Gasteiger partial charge in [0, 0.05) is 12.5 Å². The van der Waals surface area contributed by atoms with Gasteiger partial charge in [-0.1, -0.05) is 32.4 Å². The highest BCUT2D eigenvalue weighted by Gasteiger charge is 2.01. The number of hydrogen-bond acceptors (Lipinski definition) is 2. The van der Waals surface area contributed by atoms with Gasteiger partial charge in [0.05, 0.1) is 6.61 Å². The standard InChI is InChI=1S/C14H23NO/c1-4-5-13-6-8-14(9-7-13)16-11-12(2)10-15-3/h6-9,12,15H,4-5,10-11H2,1-3H3. The lowest BCUT2D eigenvalue weighted by Crippen LogP contribution is -2.21. The summed E-state index contributed by atoms with van der Waals surface area (Å²) in [6.45, 7) is 6.15. The van der Waals surface area contributed by atoms with E-state index in [0.29, 0.717) is 5.92 Å². The zero-order chi connectivity index (χ0) is 11.8. The smallest absolute Gasteiger partial charge is 0.119 e. The number of aryl methyl sites for hydroxylation is 1. The van der Waals surface area contributed by atoms with Crippen LogP contribution in [0.1, 0.15) is 25.8 Å². The van der Waals surface area contributed by atoms with Crippen molar-refractivity contribution in [1.29, 1.82) is 0 Å². The Labute approximate surface area is 99.0 Å². The number of ether oxygens (including phenoxy) is 1. The third-order valence-electron chi connectivity index (χ3n) is 2.55. The van der Waals surface area contributed by atoms with Gasteiger partial charge in [0.15, 0.2) is 0 Å². The van der Waals surface area contributed by atoms with Gasteiger partial charge >= 0.3 is 0 Å². The van der Waals surface area contributed by atoms with E-state index in [1.165, 1.54) is 12.0 Å². The predicted molar refractivity (Wildman–Crippen MR) is 69.0 cm³/mol. The van der Waals surface area contributed by atoms with E-state index >= 15 is 0 Å². The molecule has 0 bridgehead atoms. The topological polar surface area (TPSA) is 21.3 Å².